The average molecular weight is 403 g/mol. The highest BCUT2D eigenvalue weighted by Crippen LogP contribution is 2.46. The molecular weight excluding hydrogens is 378 g/mol. The molecule has 154 valence electrons. The van der Waals surface area contributed by atoms with Gasteiger partial charge in [0, 0.05) is 35.9 Å². The predicted molar refractivity (Wildman–Crippen MR) is 115 cm³/mol. The zero-order chi connectivity index (χ0) is 20.8. The molecule has 1 aromatic heterocycles. The van der Waals surface area contributed by atoms with Gasteiger partial charge in [-0.05, 0) is 56.9 Å². The van der Waals surface area contributed by atoms with E-state index < -0.39 is 0 Å². The molecule has 1 amide bonds. The molecule has 1 N–H and O–H groups in total. The molecule has 30 heavy (non-hydrogen) atoms. The van der Waals surface area contributed by atoms with Crippen molar-refractivity contribution in [1.29, 1.82) is 0 Å². The minimum atomic E-state index is 0.0197. The molecule has 0 radical (unpaired) electrons. The smallest absolute Gasteiger partial charge is 0.224 e. The van der Waals surface area contributed by atoms with Gasteiger partial charge in [-0.15, -0.1) is 0 Å². The van der Waals surface area contributed by atoms with E-state index in [1.165, 1.54) is 0 Å². The molecule has 1 saturated carbocycles. The summed E-state index contributed by atoms with van der Waals surface area (Å²) >= 11 is 0. The molecule has 0 bridgehead atoms. The summed E-state index contributed by atoms with van der Waals surface area (Å²) in [7, 11) is 0. The molecule has 3 aromatic rings. The molecule has 0 spiro atoms. The maximum Gasteiger partial charge on any atom is 0.224 e. The number of para-hydroxylation sites is 2. The quantitative estimate of drug-likeness (QED) is 0.660. The van der Waals surface area contributed by atoms with Crippen molar-refractivity contribution in [2.45, 2.75) is 51.6 Å². The lowest BCUT2D eigenvalue weighted by Gasteiger charge is -2.36. The van der Waals surface area contributed by atoms with E-state index in [1.807, 2.05) is 34.0 Å². The Labute approximate surface area is 175 Å². The van der Waals surface area contributed by atoms with Crippen LogP contribution in [-0.4, -0.2) is 26.8 Å². The fraction of sp³-hybridized carbons (Fsp3) is 0.333. The molecule has 2 aromatic carbocycles. The first-order valence-corrected chi connectivity index (χ1v) is 10.5. The maximum atomic E-state index is 12.4. The second-order valence-electron chi connectivity index (χ2n) is 8.23. The fourth-order valence-electron chi connectivity index (χ4n) is 4.30. The van der Waals surface area contributed by atoms with E-state index >= 15 is 0 Å². The van der Waals surface area contributed by atoms with Gasteiger partial charge in [0.05, 0.1) is 17.9 Å². The van der Waals surface area contributed by atoms with Crippen molar-refractivity contribution in [2.24, 2.45) is 0 Å². The number of aromatic nitrogens is 2. The third-order valence-electron chi connectivity index (χ3n) is 6.00. The van der Waals surface area contributed by atoms with Crippen molar-refractivity contribution in [3.05, 3.63) is 54.4 Å². The van der Waals surface area contributed by atoms with Crippen LogP contribution in [0.5, 0.6) is 17.2 Å². The van der Waals surface area contributed by atoms with E-state index in [2.05, 4.69) is 18.2 Å². The van der Waals surface area contributed by atoms with E-state index in [0.717, 1.165) is 48.1 Å². The molecule has 2 aliphatic rings. The topological polar surface area (TPSA) is 67.6 Å². The number of anilines is 1. The molecule has 6 heteroatoms. The Hall–Kier alpha value is -3.28. The van der Waals surface area contributed by atoms with Crippen molar-refractivity contribution < 1.29 is 14.6 Å². The largest absolute Gasteiger partial charge is 0.504 e. The van der Waals surface area contributed by atoms with Crippen molar-refractivity contribution in [3.63, 3.8) is 0 Å². The number of phenolic OH excluding ortho intramolecular Hbond substituents is 1. The number of aromatic hydroxyl groups is 1. The Balaban J connectivity index is 1.66. The zero-order valence-corrected chi connectivity index (χ0v) is 17.2. The van der Waals surface area contributed by atoms with Crippen LogP contribution >= 0.6 is 0 Å². The Bertz CT molecular complexity index is 1120. The van der Waals surface area contributed by atoms with Gasteiger partial charge in [0.15, 0.2) is 11.5 Å². The third kappa shape index (κ3) is 3.22. The van der Waals surface area contributed by atoms with Crippen molar-refractivity contribution >= 4 is 11.6 Å². The van der Waals surface area contributed by atoms with Crippen LogP contribution in [0.25, 0.3) is 11.1 Å². The highest BCUT2D eigenvalue weighted by Gasteiger charge is 2.31. The van der Waals surface area contributed by atoms with E-state index in [1.54, 1.807) is 25.1 Å². The number of carbonyl (C=O) groups is 1. The van der Waals surface area contributed by atoms with E-state index in [9.17, 15) is 9.90 Å². The lowest BCUT2D eigenvalue weighted by Crippen LogP contribution is -2.40. The molecule has 0 unspecified atom stereocenters. The van der Waals surface area contributed by atoms with Gasteiger partial charge in [0.25, 0.3) is 0 Å². The van der Waals surface area contributed by atoms with Gasteiger partial charge in [0.1, 0.15) is 5.75 Å². The summed E-state index contributed by atoms with van der Waals surface area (Å²) in [4.78, 5) is 14.2. The summed E-state index contributed by atoms with van der Waals surface area (Å²) in [5, 5.41) is 14.8. The van der Waals surface area contributed by atoms with Gasteiger partial charge in [-0.2, -0.15) is 5.10 Å². The van der Waals surface area contributed by atoms with Crippen molar-refractivity contribution in [1.82, 2.24) is 9.78 Å². The first-order valence-electron chi connectivity index (χ1n) is 10.5. The standard InChI is InChI=1S/C24H25N3O3/c1-15-7-10-20-21(27(15)16(2)28)12-11-19(17-13-25-26(14-17)18-8-9-18)24(20)30-23-6-4-3-5-22(23)29/h3-6,11-15,18,29H,7-10H2,1-2H3/t15-/m0/s1. The normalized spacial score (nSPS) is 18.2. The van der Waals surface area contributed by atoms with Gasteiger partial charge in [-0.25, -0.2) is 0 Å². The summed E-state index contributed by atoms with van der Waals surface area (Å²) in [6.07, 6.45) is 7.91. The zero-order valence-electron chi connectivity index (χ0n) is 17.2. The third-order valence-corrected chi connectivity index (χ3v) is 6.00. The van der Waals surface area contributed by atoms with Crippen LogP contribution in [-0.2, 0) is 11.2 Å². The van der Waals surface area contributed by atoms with Gasteiger partial charge in [-0.3, -0.25) is 9.48 Å². The van der Waals surface area contributed by atoms with Gasteiger partial charge in [0.2, 0.25) is 5.91 Å². The number of benzene rings is 2. The number of ether oxygens (including phenoxy) is 1. The molecule has 6 nitrogen and oxygen atoms in total. The van der Waals surface area contributed by atoms with Crippen LogP contribution in [0, 0.1) is 0 Å². The molecule has 1 atom stereocenters. The first-order chi connectivity index (χ1) is 14.5. The summed E-state index contributed by atoms with van der Waals surface area (Å²) < 4.78 is 8.33. The second-order valence-corrected chi connectivity index (χ2v) is 8.23. The Morgan fingerprint density at radius 1 is 1.17 bits per heavy atom. The molecule has 1 aliphatic heterocycles. The number of nitrogens with zero attached hydrogens (tertiary/aromatic N) is 3. The lowest BCUT2D eigenvalue weighted by atomic mass is 9.92. The highest BCUT2D eigenvalue weighted by molar-refractivity contribution is 5.95. The number of hydrogen-bond acceptors (Lipinski definition) is 4. The van der Waals surface area contributed by atoms with E-state index in [-0.39, 0.29) is 17.7 Å². The minimum absolute atomic E-state index is 0.0197. The predicted octanol–water partition coefficient (Wildman–Crippen LogP) is 5.07. The fourth-order valence-corrected chi connectivity index (χ4v) is 4.30. The minimum Gasteiger partial charge on any atom is -0.504 e. The molecular formula is C24H25N3O3. The molecule has 0 saturated heterocycles. The van der Waals surface area contributed by atoms with Crippen LogP contribution in [0.4, 0.5) is 5.69 Å². The Kier molecular flexibility index (Phi) is 4.50. The van der Waals surface area contributed by atoms with Crippen LogP contribution in [0.1, 0.15) is 44.7 Å². The van der Waals surface area contributed by atoms with Crippen molar-refractivity contribution in [3.8, 4) is 28.4 Å². The molecule has 1 fully saturated rings. The Morgan fingerprint density at radius 3 is 2.70 bits per heavy atom. The lowest BCUT2D eigenvalue weighted by molar-refractivity contribution is -0.117. The van der Waals surface area contributed by atoms with Gasteiger partial charge in [-0.1, -0.05) is 12.1 Å². The Morgan fingerprint density at radius 2 is 1.97 bits per heavy atom. The van der Waals surface area contributed by atoms with Gasteiger partial charge < -0.3 is 14.7 Å². The molecule has 1 aliphatic carbocycles. The number of rotatable bonds is 4. The first kappa shape index (κ1) is 18.7. The van der Waals surface area contributed by atoms with Crippen LogP contribution < -0.4 is 9.64 Å². The summed E-state index contributed by atoms with van der Waals surface area (Å²) in [5.41, 5.74) is 3.76. The van der Waals surface area contributed by atoms with E-state index in [0.29, 0.717) is 17.5 Å². The van der Waals surface area contributed by atoms with Crippen molar-refractivity contribution in [2.75, 3.05) is 4.90 Å². The number of hydrogen-bond donors (Lipinski definition) is 1. The monoisotopic (exact) mass is 403 g/mol. The molecule has 5 rings (SSSR count). The van der Waals surface area contributed by atoms with Crippen LogP contribution in [0.3, 0.4) is 0 Å². The van der Waals surface area contributed by atoms with Crippen LogP contribution in [0.15, 0.2) is 48.8 Å². The summed E-state index contributed by atoms with van der Waals surface area (Å²) in [6, 6.07) is 11.6. The summed E-state index contributed by atoms with van der Waals surface area (Å²) in [5.74, 6) is 1.19. The maximum absolute atomic E-state index is 12.4. The van der Waals surface area contributed by atoms with Crippen LogP contribution in [0.2, 0.25) is 0 Å². The second kappa shape index (κ2) is 7.20. The number of amides is 1. The van der Waals surface area contributed by atoms with Gasteiger partial charge >= 0.3 is 0 Å². The molecule has 2 heterocycles. The number of carbonyl (C=O) groups excluding carboxylic acids is 1. The number of fused-ring (bicyclic) bond motifs is 1. The SMILES string of the molecule is CC(=O)N1c2ccc(-c3cnn(C4CC4)c3)c(Oc3ccccc3O)c2CC[C@@H]1C. The summed E-state index contributed by atoms with van der Waals surface area (Å²) in [6.45, 7) is 3.67. The van der Waals surface area contributed by atoms with E-state index in [4.69, 9.17) is 4.74 Å². The average Bonchev–Trinajstić information content (AvgIpc) is 3.46. The highest BCUT2D eigenvalue weighted by atomic mass is 16.5. The number of phenols is 1.